The van der Waals surface area contributed by atoms with Crippen molar-refractivity contribution in [3.8, 4) is 0 Å². The van der Waals surface area contributed by atoms with Gasteiger partial charge in [0, 0.05) is 37.7 Å². The highest BCUT2D eigenvalue weighted by Crippen LogP contribution is 2.36. The van der Waals surface area contributed by atoms with Gasteiger partial charge in [0.15, 0.2) is 0 Å². The summed E-state index contributed by atoms with van der Waals surface area (Å²) in [6.07, 6.45) is 5.37. The van der Waals surface area contributed by atoms with Crippen molar-refractivity contribution in [2.75, 3.05) is 37.6 Å². The summed E-state index contributed by atoms with van der Waals surface area (Å²) in [5.41, 5.74) is 9.21. The zero-order chi connectivity index (χ0) is 32.4. The lowest BCUT2D eigenvalue weighted by atomic mass is 9.88. The Bertz CT molecular complexity index is 1490. The number of hydrogen-bond acceptors (Lipinski definition) is 8. The van der Waals surface area contributed by atoms with Gasteiger partial charge in [0.1, 0.15) is 6.04 Å². The van der Waals surface area contributed by atoms with Gasteiger partial charge in [-0.15, -0.1) is 0 Å². The lowest BCUT2D eigenvalue weighted by Gasteiger charge is -2.39. The average molecular weight is 629 g/mol. The molecule has 0 aliphatic carbocycles. The summed E-state index contributed by atoms with van der Waals surface area (Å²) >= 11 is 0. The van der Waals surface area contributed by atoms with Crippen LogP contribution in [-0.2, 0) is 9.59 Å². The molecule has 0 bridgehead atoms. The van der Waals surface area contributed by atoms with E-state index in [0.29, 0.717) is 28.5 Å². The van der Waals surface area contributed by atoms with E-state index in [2.05, 4.69) is 45.0 Å². The van der Waals surface area contributed by atoms with Gasteiger partial charge in [-0.2, -0.15) is 0 Å². The summed E-state index contributed by atoms with van der Waals surface area (Å²) in [5, 5.41) is 2.26. The monoisotopic (exact) mass is 628 g/mol. The average Bonchev–Trinajstić information content (AvgIpc) is 3.33. The number of carbonyl (C=O) groups excluding carboxylic acids is 5. The second kappa shape index (κ2) is 13.7. The number of anilines is 1. The fourth-order valence-electron chi connectivity index (χ4n) is 7.20. The number of hydrazine groups is 1. The second-order valence-electron chi connectivity index (χ2n) is 13.2. The number of rotatable bonds is 9. The van der Waals surface area contributed by atoms with Crippen LogP contribution in [0.5, 0.6) is 0 Å². The van der Waals surface area contributed by atoms with Crippen LogP contribution >= 0.6 is 0 Å². The van der Waals surface area contributed by atoms with Gasteiger partial charge in [0.05, 0.1) is 16.8 Å². The molecule has 0 saturated carbocycles. The van der Waals surface area contributed by atoms with Crippen LogP contribution in [0.4, 0.5) is 5.69 Å². The molecule has 0 spiro atoms. The number of nitrogens with one attached hydrogen (secondary N) is 3. The van der Waals surface area contributed by atoms with E-state index in [-0.39, 0.29) is 30.7 Å². The molecule has 4 aliphatic rings. The number of carbonyl (C=O) groups is 5. The van der Waals surface area contributed by atoms with Crippen molar-refractivity contribution in [3.05, 3.63) is 64.7 Å². The molecule has 0 aromatic heterocycles. The van der Waals surface area contributed by atoms with Gasteiger partial charge in [-0.05, 0) is 100 Å². The van der Waals surface area contributed by atoms with Crippen molar-refractivity contribution in [3.63, 3.8) is 0 Å². The zero-order valence-corrected chi connectivity index (χ0v) is 26.7. The minimum Gasteiger partial charge on any atom is -0.371 e. The third-order valence-electron chi connectivity index (χ3n) is 10.2. The van der Waals surface area contributed by atoms with E-state index in [1.54, 1.807) is 12.1 Å². The van der Waals surface area contributed by atoms with Crippen LogP contribution < -0.4 is 21.1 Å². The van der Waals surface area contributed by atoms with Crippen LogP contribution in [0.2, 0.25) is 0 Å². The van der Waals surface area contributed by atoms with E-state index >= 15 is 0 Å². The van der Waals surface area contributed by atoms with E-state index in [1.807, 2.05) is 25.1 Å². The van der Waals surface area contributed by atoms with Crippen molar-refractivity contribution in [1.82, 2.24) is 26.0 Å². The number of benzene rings is 2. The molecule has 3 N–H and O–H groups in total. The largest absolute Gasteiger partial charge is 0.371 e. The molecule has 2 aromatic rings. The molecule has 6 rings (SSSR count). The maximum atomic E-state index is 13.5. The summed E-state index contributed by atoms with van der Waals surface area (Å²) < 4.78 is 0. The van der Waals surface area contributed by atoms with Crippen molar-refractivity contribution in [2.24, 2.45) is 5.92 Å². The Labute approximate surface area is 270 Å². The van der Waals surface area contributed by atoms with Crippen LogP contribution in [-0.4, -0.2) is 84.1 Å². The van der Waals surface area contributed by atoms with Gasteiger partial charge in [-0.3, -0.25) is 39.6 Å². The smallest absolute Gasteiger partial charge is 0.265 e. The van der Waals surface area contributed by atoms with Gasteiger partial charge in [-0.25, -0.2) is 5.43 Å². The number of piperidine rings is 3. The highest BCUT2D eigenvalue weighted by atomic mass is 16.2. The number of amides is 5. The van der Waals surface area contributed by atoms with Gasteiger partial charge < -0.3 is 9.80 Å². The van der Waals surface area contributed by atoms with Gasteiger partial charge in [-0.1, -0.05) is 25.1 Å². The SMILES string of the molecule is CCC(C)NNC(=O)c1ccc(C2CCN(CC3CCN(c4cccc5c4C(=O)N(C4CCC(=O)NC4=O)C5=O)CC3)CC2)cc1. The van der Waals surface area contributed by atoms with Crippen LogP contribution in [0.15, 0.2) is 42.5 Å². The number of fused-ring (bicyclic) bond motifs is 1. The molecule has 2 unspecified atom stereocenters. The van der Waals surface area contributed by atoms with Crippen LogP contribution in [0.3, 0.4) is 0 Å². The number of nitrogens with zero attached hydrogens (tertiary/aromatic N) is 3. The fraction of sp³-hybridized carbons (Fsp3) is 0.514. The topological polar surface area (TPSA) is 131 Å². The first-order valence-electron chi connectivity index (χ1n) is 16.7. The molecular weight excluding hydrogens is 584 g/mol. The predicted molar refractivity (Wildman–Crippen MR) is 173 cm³/mol. The van der Waals surface area contributed by atoms with E-state index < -0.39 is 23.8 Å². The highest BCUT2D eigenvalue weighted by molar-refractivity contribution is 6.25. The molecule has 3 saturated heterocycles. The third kappa shape index (κ3) is 6.57. The molecule has 4 heterocycles. The van der Waals surface area contributed by atoms with E-state index in [4.69, 9.17) is 0 Å². The van der Waals surface area contributed by atoms with Gasteiger partial charge in [0.25, 0.3) is 17.7 Å². The molecule has 2 aromatic carbocycles. The Hall–Kier alpha value is -4.09. The molecular formula is C35H44N6O5. The first kappa shape index (κ1) is 31.9. The summed E-state index contributed by atoms with van der Waals surface area (Å²) in [5.74, 6) is -0.953. The van der Waals surface area contributed by atoms with E-state index in [0.717, 1.165) is 75.4 Å². The maximum absolute atomic E-state index is 13.5. The summed E-state index contributed by atoms with van der Waals surface area (Å²) in [6, 6.07) is 12.6. The Morgan fingerprint density at radius 2 is 1.63 bits per heavy atom. The molecule has 5 amide bonds. The zero-order valence-electron chi connectivity index (χ0n) is 26.7. The molecule has 11 nitrogen and oxygen atoms in total. The maximum Gasteiger partial charge on any atom is 0.265 e. The van der Waals surface area contributed by atoms with Crippen molar-refractivity contribution in [2.45, 2.75) is 76.8 Å². The lowest BCUT2D eigenvalue weighted by Crippen LogP contribution is -2.54. The quantitative estimate of drug-likeness (QED) is 0.285. The first-order chi connectivity index (χ1) is 22.2. The summed E-state index contributed by atoms with van der Waals surface area (Å²) in [4.78, 5) is 69.1. The highest BCUT2D eigenvalue weighted by Gasteiger charge is 2.46. The number of likely N-dealkylation sites (tertiary alicyclic amines) is 1. The molecule has 3 fully saturated rings. The second-order valence-corrected chi connectivity index (χ2v) is 13.2. The van der Waals surface area contributed by atoms with Gasteiger partial charge in [0.2, 0.25) is 11.8 Å². The Kier molecular flexibility index (Phi) is 9.51. The van der Waals surface area contributed by atoms with Crippen LogP contribution in [0.25, 0.3) is 0 Å². The van der Waals surface area contributed by atoms with E-state index in [1.165, 1.54) is 5.56 Å². The molecule has 2 atom stereocenters. The lowest BCUT2D eigenvalue weighted by molar-refractivity contribution is -0.136. The molecule has 0 radical (unpaired) electrons. The molecule has 4 aliphatic heterocycles. The van der Waals surface area contributed by atoms with Crippen molar-refractivity contribution < 1.29 is 24.0 Å². The molecule has 46 heavy (non-hydrogen) atoms. The van der Waals surface area contributed by atoms with E-state index in [9.17, 15) is 24.0 Å². The number of hydrogen-bond donors (Lipinski definition) is 3. The van der Waals surface area contributed by atoms with Gasteiger partial charge >= 0.3 is 0 Å². The van der Waals surface area contributed by atoms with Crippen molar-refractivity contribution >= 4 is 35.2 Å². The Morgan fingerprint density at radius 3 is 2.30 bits per heavy atom. The Morgan fingerprint density at radius 1 is 0.913 bits per heavy atom. The Balaban J connectivity index is 0.991. The fourth-order valence-corrected chi connectivity index (χ4v) is 7.20. The summed E-state index contributed by atoms with van der Waals surface area (Å²) in [7, 11) is 0. The predicted octanol–water partition coefficient (Wildman–Crippen LogP) is 3.22. The van der Waals surface area contributed by atoms with Crippen LogP contribution in [0, 0.1) is 5.92 Å². The normalized spacial score (nSPS) is 22.2. The third-order valence-corrected chi connectivity index (χ3v) is 10.2. The van der Waals surface area contributed by atoms with Crippen molar-refractivity contribution in [1.29, 1.82) is 0 Å². The number of imide groups is 2. The minimum atomic E-state index is -0.962. The standard InChI is InChI=1S/C35H44N6O5/c1-3-22(2)37-38-32(43)26-9-7-24(8-10-26)25-15-17-39(18-16-25)21-23-13-19-40(20-14-23)28-6-4-5-27-31(28)35(46)41(34(27)45)29-11-12-30(42)36-33(29)44/h4-10,22-23,25,29,37H,3,11-21H2,1-2H3,(H,38,43)(H,36,42,44). The minimum absolute atomic E-state index is 0.103. The van der Waals surface area contributed by atoms with Crippen LogP contribution in [0.1, 0.15) is 101 Å². The summed E-state index contributed by atoms with van der Waals surface area (Å²) in [6.45, 7) is 8.84. The molecule has 244 valence electrons. The molecule has 11 heteroatoms. The first-order valence-corrected chi connectivity index (χ1v) is 16.7.